The summed E-state index contributed by atoms with van der Waals surface area (Å²) in [5, 5.41) is 6.90. The summed E-state index contributed by atoms with van der Waals surface area (Å²) in [7, 11) is 0. The molecule has 1 aliphatic heterocycles. The zero-order valence-electron chi connectivity index (χ0n) is 6.29. The summed E-state index contributed by atoms with van der Waals surface area (Å²) >= 11 is 0. The molecule has 1 atom stereocenters. The number of nitrogens with one attached hydrogen (secondary N) is 1. The quantitative estimate of drug-likeness (QED) is 0.650. The minimum absolute atomic E-state index is 0.297. The molecule has 1 fully saturated rings. The van der Waals surface area contributed by atoms with E-state index in [0.717, 1.165) is 18.9 Å². The topological polar surface area (TPSA) is 51.0 Å². The Balaban J connectivity index is 2.04. The first-order valence-electron chi connectivity index (χ1n) is 3.97. The maximum absolute atomic E-state index is 4.95. The monoisotopic (exact) mass is 153 g/mol. The lowest BCUT2D eigenvalue weighted by atomic mass is 10.1. The highest BCUT2D eigenvalue weighted by molar-refractivity contribution is 4.88. The Morgan fingerprint density at radius 1 is 1.55 bits per heavy atom. The number of piperidine rings is 1. The van der Waals surface area contributed by atoms with Crippen LogP contribution in [0.1, 0.15) is 31.2 Å². The first-order valence-corrected chi connectivity index (χ1v) is 3.97. The van der Waals surface area contributed by atoms with Gasteiger partial charge in [0.1, 0.15) is 0 Å². The number of nitrogens with zero attached hydrogens (tertiary/aromatic N) is 2. The molecule has 0 bridgehead atoms. The van der Waals surface area contributed by atoms with E-state index in [0.29, 0.717) is 6.04 Å². The molecule has 0 amide bonds. The van der Waals surface area contributed by atoms with Gasteiger partial charge in [0.05, 0.1) is 6.04 Å². The van der Waals surface area contributed by atoms with Crippen LogP contribution in [0.25, 0.3) is 0 Å². The Bertz CT molecular complexity index is 203. The van der Waals surface area contributed by atoms with Crippen LogP contribution in [0.5, 0.6) is 0 Å². The molecule has 0 saturated carbocycles. The lowest BCUT2D eigenvalue weighted by Gasteiger charge is -2.19. The van der Waals surface area contributed by atoms with Crippen LogP contribution >= 0.6 is 0 Å². The molecule has 0 aliphatic carbocycles. The summed E-state index contributed by atoms with van der Waals surface area (Å²) in [6.07, 6.45) is 5.07. The number of hydrogen-bond acceptors (Lipinski definition) is 4. The molecule has 1 aliphatic rings. The van der Waals surface area contributed by atoms with E-state index in [9.17, 15) is 0 Å². The Kier molecular flexibility index (Phi) is 1.85. The summed E-state index contributed by atoms with van der Waals surface area (Å²) in [5.41, 5.74) is 0. The van der Waals surface area contributed by atoms with Crippen molar-refractivity contribution >= 4 is 0 Å². The molecule has 2 rings (SSSR count). The molecule has 1 aromatic heterocycles. The van der Waals surface area contributed by atoms with Crippen molar-refractivity contribution in [2.75, 3.05) is 6.54 Å². The molecule has 1 N–H and O–H groups in total. The highest BCUT2D eigenvalue weighted by atomic mass is 16.5. The van der Waals surface area contributed by atoms with Crippen molar-refractivity contribution < 1.29 is 4.52 Å². The highest BCUT2D eigenvalue weighted by Crippen LogP contribution is 2.19. The minimum atomic E-state index is 0.297. The van der Waals surface area contributed by atoms with Gasteiger partial charge in [0.2, 0.25) is 5.89 Å². The summed E-state index contributed by atoms with van der Waals surface area (Å²) in [4.78, 5) is 4.00. The molecule has 0 spiro atoms. The summed E-state index contributed by atoms with van der Waals surface area (Å²) in [6, 6.07) is 0.297. The molecule has 0 unspecified atom stereocenters. The number of aromatic nitrogens is 2. The second kappa shape index (κ2) is 3.00. The van der Waals surface area contributed by atoms with Crippen LogP contribution in [0.3, 0.4) is 0 Å². The Hall–Kier alpha value is -0.900. The van der Waals surface area contributed by atoms with Gasteiger partial charge >= 0.3 is 0 Å². The van der Waals surface area contributed by atoms with E-state index < -0.39 is 0 Å². The van der Waals surface area contributed by atoms with Crippen molar-refractivity contribution in [3.05, 3.63) is 12.2 Å². The van der Waals surface area contributed by atoms with Gasteiger partial charge in [0.15, 0.2) is 6.33 Å². The van der Waals surface area contributed by atoms with Gasteiger partial charge in [0.25, 0.3) is 0 Å². The minimum Gasteiger partial charge on any atom is -0.338 e. The van der Waals surface area contributed by atoms with Crippen LogP contribution in [0.15, 0.2) is 10.9 Å². The van der Waals surface area contributed by atoms with Gasteiger partial charge in [-0.1, -0.05) is 11.6 Å². The van der Waals surface area contributed by atoms with Gasteiger partial charge in [-0.05, 0) is 19.4 Å². The molecule has 1 saturated heterocycles. The van der Waals surface area contributed by atoms with Crippen LogP contribution in [-0.4, -0.2) is 16.7 Å². The standard InChI is InChI=1S/C7H11N3O/c1-2-4-8-6(3-1)7-9-5-10-11-7/h5-6,8H,1-4H2/t6-/m0/s1. The molecule has 0 radical (unpaired) electrons. The van der Waals surface area contributed by atoms with Gasteiger partial charge < -0.3 is 9.84 Å². The number of hydrogen-bond donors (Lipinski definition) is 1. The Morgan fingerprint density at radius 2 is 2.55 bits per heavy atom. The molecule has 4 heteroatoms. The summed E-state index contributed by atoms with van der Waals surface area (Å²) in [6.45, 7) is 1.06. The molecule has 1 aromatic rings. The van der Waals surface area contributed by atoms with Crippen LogP contribution < -0.4 is 5.32 Å². The lowest BCUT2D eigenvalue weighted by molar-refractivity contribution is 0.297. The third-order valence-corrected chi connectivity index (χ3v) is 1.99. The van der Waals surface area contributed by atoms with E-state index >= 15 is 0 Å². The fourth-order valence-corrected chi connectivity index (χ4v) is 1.40. The van der Waals surface area contributed by atoms with E-state index in [4.69, 9.17) is 4.52 Å². The molecule has 4 nitrogen and oxygen atoms in total. The maximum Gasteiger partial charge on any atom is 0.243 e. The normalized spacial score (nSPS) is 25.3. The Labute approximate surface area is 65.0 Å². The third-order valence-electron chi connectivity index (χ3n) is 1.99. The smallest absolute Gasteiger partial charge is 0.243 e. The average molecular weight is 153 g/mol. The lowest BCUT2D eigenvalue weighted by Crippen LogP contribution is -2.26. The first-order chi connectivity index (χ1) is 5.47. The number of rotatable bonds is 1. The molecule has 0 aromatic carbocycles. The van der Waals surface area contributed by atoms with E-state index in [1.54, 1.807) is 0 Å². The van der Waals surface area contributed by atoms with Crippen molar-refractivity contribution in [3.63, 3.8) is 0 Å². The molecule has 2 heterocycles. The fraction of sp³-hybridized carbons (Fsp3) is 0.714. The molecule has 60 valence electrons. The van der Waals surface area contributed by atoms with Crippen molar-refractivity contribution in [1.29, 1.82) is 0 Å². The van der Waals surface area contributed by atoms with Crippen LogP contribution in [0.2, 0.25) is 0 Å². The van der Waals surface area contributed by atoms with Gasteiger partial charge in [-0.2, -0.15) is 4.98 Å². The largest absolute Gasteiger partial charge is 0.338 e. The zero-order chi connectivity index (χ0) is 7.52. The highest BCUT2D eigenvalue weighted by Gasteiger charge is 2.18. The van der Waals surface area contributed by atoms with E-state index in [-0.39, 0.29) is 0 Å². The summed E-state index contributed by atoms with van der Waals surface area (Å²) in [5.74, 6) is 0.727. The molecular weight excluding hydrogens is 142 g/mol. The van der Waals surface area contributed by atoms with Gasteiger partial charge in [0, 0.05) is 0 Å². The fourth-order valence-electron chi connectivity index (χ4n) is 1.40. The van der Waals surface area contributed by atoms with Gasteiger partial charge in [-0.3, -0.25) is 0 Å². The van der Waals surface area contributed by atoms with E-state index in [1.807, 2.05) is 0 Å². The van der Waals surface area contributed by atoms with Gasteiger partial charge in [-0.15, -0.1) is 0 Å². The predicted octanol–water partition coefficient (Wildman–Crippen LogP) is 0.884. The third kappa shape index (κ3) is 1.40. The van der Waals surface area contributed by atoms with Crippen LogP contribution in [0, 0.1) is 0 Å². The average Bonchev–Trinajstić information content (AvgIpc) is 2.58. The van der Waals surface area contributed by atoms with E-state index in [2.05, 4.69) is 15.5 Å². The summed E-state index contributed by atoms with van der Waals surface area (Å²) < 4.78 is 4.95. The van der Waals surface area contributed by atoms with Crippen LogP contribution in [-0.2, 0) is 0 Å². The van der Waals surface area contributed by atoms with E-state index in [1.165, 1.54) is 19.2 Å². The second-order valence-corrected chi connectivity index (χ2v) is 2.78. The van der Waals surface area contributed by atoms with Crippen molar-refractivity contribution in [2.24, 2.45) is 0 Å². The second-order valence-electron chi connectivity index (χ2n) is 2.78. The maximum atomic E-state index is 4.95. The molecule has 11 heavy (non-hydrogen) atoms. The Morgan fingerprint density at radius 3 is 3.18 bits per heavy atom. The van der Waals surface area contributed by atoms with Crippen molar-refractivity contribution in [1.82, 2.24) is 15.5 Å². The zero-order valence-corrected chi connectivity index (χ0v) is 6.29. The molecular formula is C7H11N3O. The van der Waals surface area contributed by atoms with Crippen LogP contribution in [0.4, 0.5) is 0 Å². The first kappa shape index (κ1) is 6.79. The predicted molar refractivity (Wildman–Crippen MR) is 38.9 cm³/mol. The SMILES string of the molecule is c1noc([C@@H]2CCCCN2)n1. The van der Waals surface area contributed by atoms with Gasteiger partial charge in [-0.25, -0.2) is 0 Å². The van der Waals surface area contributed by atoms with Crippen molar-refractivity contribution in [2.45, 2.75) is 25.3 Å². The van der Waals surface area contributed by atoms with Crippen molar-refractivity contribution in [3.8, 4) is 0 Å².